The van der Waals surface area contributed by atoms with Crippen LogP contribution >= 0.6 is 0 Å². The monoisotopic (exact) mass is 418 g/mol. The van der Waals surface area contributed by atoms with Gasteiger partial charge in [-0.2, -0.15) is 0 Å². The van der Waals surface area contributed by atoms with Crippen molar-refractivity contribution in [3.8, 4) is 11.4 Å². The fourth-order valence-corrected chi connectivity index (χ4v) is 3.08. The normalized spacial score (nSPS) is 11.8. The summed E-state index contributed by atoms with van der Waals surface area (Å²) < 4.78 is 34.9. The van der Waals surface area contributed by atoms with Crippen LogP contribution in [0.3, 0.4) is 0 Å². The van der Waals surface area contributed by atoms with Gasteiger partial charge in [0.25, 0.3) is 11.2 Å². The van der Waals surface area contributed by atoms with E-state index >= 15 is 0 Å². The molecule has 2 aromatic carbocycles. The molecule has 0 aliphatic heterocycles. The molecule has 3 aromatic rings. The molecule has 150 valence electrons. The fraction of sp³-hybridized carbons (Fsp3) is 0.0625. The molecule has 13 heteroatoms. The Balaban J connectivity index is 2.12. The highest BCUT2D eigenvalue weighted by molar-refractivity contribution is 7.85. The van der Waals surface area contributed by atoms with Crippen LogP contribution in [-0.4, -0.2) is 32.8 Å². The number of benzene rings is 2. The molecule has 0 unspecified atom stereocenters. The van der Waals surface area contributed by atoms with Crippen LogP contribution in [0.4, 0.5) is 17.1 Å². The topological polar surface area (TPSA) is 183 Å². The molecule has 2 N–H and O–H groups in total. The molecule has 0 atom stereocenters. The molecule has 0 fully saturated rings. The highest BCUT2D eigenvalue weighted by Crippen LogP contribution is 2.38. The zero-order chi connectivity index (χ0) is 21.3. The second-order valence-corrected chi connectivity index (χ2v) is 7.13. The van der Waals surface area contributed by atoms with Crippen molar-refractivity contribution in [1.82, 2.24) is 9.78 Å². The maximum Gasteiger partial charge on any atom is 0.299 e. The number of phenols is 1. The number of nitrogens with one attached hydrogen (secondary N) is 1. The number of rotatable bonds is 5. The Morgan fingerprint density at radius 3 is 2.41 bits per heavy atom. The van der Waals surface area contributed by atoms with Gasteiger partial charge >= 0.3 is 0 Å². The van der Waals surface area contributed by atoms with E-state index in [0.29, 0.717) is 17.4 Å². The van der Waals surface area contributed by atoms with Gasteiger partial charge < -0.3 is 9.66 Å². The van der Waals surface area contributed by atoms with Gasteiger partial charge in [-0.05, 0) is 19.1 Å². The summed E-state index contributed by atoms with van der Waals surface area (Å²) in [5.74, 6) is -1.11. The first-order chi connectivity index (χ1) is 13.6. The molecule has 0 aliphatic carbocycles. The van der Waals surface area contributed by atoms with Gasteiger partial charge in [-0.25, -0.2) is 13.1 Å². The van der Waals surface area contributed by atoms with Crippen LogP contribution in [0.1, 0.15) is 5.69 Å². The Labute approximate surface area is 162 Å². The first-order valence-electron chi connectivity index (χ1n) is 7.85. The number of phenolic OH excluding ortho intramolecular Hbond substituents is 1. The molecule has 0 saturated heterocycles. The van der Waals surface area contributed by atoms with Crippen LogP contribution in [0.25, 0.3) is 5.69 Å². The van der Waals surface area contributed by atoms with Gasteiger partial charge in [0, 0.05) is 12.1 Å². The van der Waals surface area contributed by atoms with Crippen LogP contribution in [0, 0.1) is 17.0 Å². The summed E-state index contributed by atoms with van der Waals surface area (Å²) in [5.41, 5.74) is -1.41. The number of non-ortho nitro benzene ring substituents is 1. The summed E-state index contributed by atoms with van der Waals surface area (Å²) in [4.78, 5) is 21.4. The highest BCUT2D eigenvalue weighted by Gasteiger charge is 2.20. The van der Waals surface area contributed by atoms with E-state index in [-0.39, 0.29) is 5.69 Å². The third-order valence-electron chi connectivity index (χ3n) is 3.83. The average molecular weight is 418 g/mol. The van der Waals surface area contributed by atoms with Crippen molar-refractivity contribution in [2.45, 2.75) is 11.8 Å². The third-order valence-corrected chi connectivity index (χ3v) is 4.68. The lowest BCUT2D eigenvalue weighted by Gasteiger charge is -2.10. The molecule has 0 amide bonds. The summed E-state index contributed by atoms with van der Waals surface area (Å²) in [7, 11) is -5.22. The van der Waals surface area contributed by atoms with Gasteiger partial charge in [0.2, 0.25) is 0 Å². The van der Waals surface area contributed by atoms with Crippen LogP contribution in [-0.2, 0) is 10.1 Å². The minimum Gasteiger partial charge on any atom is -0.744 e. The number of nitro benzene ring substituents is 1. The lowest BCUT2D eigenvalue weighted by atomic mass is 10.2. The Hall–Kier alpha value is -3.84. The Bertz CT molecular complexity index is 1290. The minimum atomic E-state index is -5.22. The number of aromatic nitrogens is 2. The van der Waals surface area contributed by atoms with E-state index in [2.05, 4.69) is 15.3 Å². The molecule has 3 rings (SSSR count). The van der Waals surface area contributed by atoms with E-state index in [1.807, 2.05) is 0 Å². The van der Waals surface area contributed by atoms with Gasteiger partial charge in [-0.3, -0.25) is 20.0 Å². The minimum absolute atomic E-state index is 0.175. The van der Waals surface area contributed by atoms with Crippen LogP contribution in [0.15, 0.2) is 62.4 Å². The molecule has 0 saturated carbocycles. The van der Waals surface area contributed by atoms with Crippen molar-refractivity contribution in [2.24, 2.45) is 10.2 Å². The van der Waals surface area contributed by atoms with E-state index in [1.54, 1.807) is 30.3 Å². The highest BCUT2D eigenvalue weighted by atomic mass is 32.2. The van der Waals surface area contributed by atoms with Crippen molar-refractivity contribution in [1.29, 1.82) is 0 Å². The molecule has 12 nitrogen and oxygen atoms in total. The van der Waals surface area contributed by atoms with E-state index in [9.17, 15) is 33.0 Å². The lowest BCUT2D eigenvalue weighted by molar-refractivity contribution is -0.385. The molecule has 0 aliphatic rings. The van der Waals surface area contributed by atoms with Gasteiger partial charge in [0.1, 0.15) is 20.7 Å². The number of azo groups is 1. The first-order valence-corrected chi connectivity index (χ1v) is 9.26. The SMILES string of the molecule is Cc1[nH]n(-c2ccccc2)c(=O)c1N=Nc1cc([N+](=O)[O-])cc(S(=O)(=O)[O-])c1O. The van der Waals surface area contributed by atoms with Crippen LogP contribution in [0.5, 0.6) is 5.75 Å². The predicted molar refractivity (Wildman–Crippen MR) is 98.0 cm³/mol. The second kappa shape index (κ2) is 7.29. The number of nitrogens with zero attached hydrogens (tertiary/aromatic N) is 4. The molecular weight excluding hydrogens is 406 g/mol. The lowest BCUT2D eigenvalue weighted by Crippen LogP contribution is -2.13. The van der Waals surface area contributed by atoms with E-state index in [4.69, 9.17) is 0 Å². The molecule has 0 bridgehead atoms. The molecule has 0 radical (unpaired) electrons. The largest absolute Gasteiger partial charge is 0.744 e. The summed E-state index contributed by atoms with van der Waals surface area (Å²) in [5, 5.41) is 31.0. The summed E-state index contributed by atoms with van der Waals surface area (Å²) in [6.45, 7) is 1.52. The second-order valence-electron chi connectivity index (χ2n) is 5.78. The molecule has 29 heavy (non-hydrogen) atoms. The van der Waals surface area contributed by atoms with Crippen LogP contribution < -0.4 is 5.56 Å². The molecule has 0 spiro atoms. The van der Waals surface area contributed by atoms with E-state index in [1.165, 1.54) is 11.6 Å². The maximum atomic E-state index is 12.6. The zero-order valence-corrected chi connectivity index (χ0v) is 15.5. The Morgan fingerprint density at radius 1 is 1.17 bits per heavy atom. The maximum absolute atomic E-state index is 12.6. The molecular formula is C16H12N5O7S-. The quantitative estimate of drug-likeness (QED) is 0.276. The number of aromatic hydroxyl groups is 1. The van der Waals surface area contributed by atoms with E-state index < -0.39 is 42.6 Å². The fourth-order valence-electron chi connectivity index (χ4n) is 2.47. The zero-order valence-electron chi connectivity index (χ0n) is 14.6. The molecule has 1 heterocycles. The van der Waals surface area contributed by atoms with Crippen molar-refractivity contribution >= 4 is 27.2 Å². The smallest absolute Gasteiger partial charge is 0.299 e. The predicted octanol–water partition coefficient (Wildman–Crippen LogP) is 2.41. The summed E-state index contributed by atoms with van der Waals surface area (Å²) in [6.07, 6.45) is 0. The average Bonchev–Trinajstić information content (AvgIpc) is 2.94. The van der Waals surface area contributed by atoms with Crippen molar-refractivity contribution in [3.63, 3.8) is 0 Å². The standard InChI is InChI=1S/C16H13N5O7S/c1-9-14(16(23)20(19-9)10-5-3-2-4-6-10)18-17-12-7-11(21(24)25)8-13(15(12)22)29(26,27)28/h2-8,19,22H,1H3,(H,26,27,28)/p-1. The third kappa shape index (κ3) is 3.90. The first kappa shape index (κ1) is 19.9. The number of aromatic amines is 1. The summed E-state index contributed by atoms with van der Waals surface area (Å²) >= 11 is 0. The number of aryl methyl sites for hydroxylation is 1. The Morgan fingerprint density at radius 2 is 1.83 bits per heavy atom. The van der Waals surface area contributed by atoms with Crippen molar-refractivity contribution in [3.05, 3.63) is 68.6 Å². The van der Waals surface area contributed by atoms with Gasteiger partial charge in [0.05, 0.1) is 16.3 Å². The van der Waals surface area contributed by atoms with Crippen LogP contribution in [0.2, 0.25) is 0 Å². The summed E-state index contributed by atoms with van der Waals surface area (Å²) in [6, 6.07) is 9.66. The van der Waals surface area contributed by atoms with Crippen molar-refractivity contribution < 1.29 is 23.0 Å². The van der Waals surface area contributed by atoms with Gasteiger partial charge in [0.15, 0.2) is 11.4 Å². The Kier molecular flexibility index (Phi) is 5.01. The number of hydrogen-bond acceptors (Lipinski definition) is 9. The number of hydrogen-bond donors (Lipinski definition) is 2. The number of para-hydroxylation sites is 1. The van der Waals surface area contributed by atoms with E-state index in [0.717, 1.165) is 6.07 Å². The van der Waals surface area contributed by atoms with Crippen molar-refractivity contribution in [2.75, 3.05) is 0 Å². The van der Waals surface area contributed by atoms with Gasteiger partial charge in [-0.15, -0.1) is 10.2 Å². The number of H-pyrrole nitrogens is 1. The van der Waals surface area contributed by atoms with Gasteiger partial charge in [-0.1, -0.05) is 18.2 Å². The molecule has 1 aromatic heterocycles. The number of nitro groups is 1.